The Hall–Kier alpha value is -1.62. The van der Waals surface area contributed by atoms with Crippen LogP contribution in [0.4, 0.5) is 11.4 Å². The average Bonchev–Trinajstić information content (AvgIpc) is 2.69. The van der Waals surface area contributed by atoms with Crippen LogP contribution in [0.1, 0.15) is 18.9 Å². The second-order valence-electron chi connectivity index (χ2n) is 4.94. The predicted molar refractivity (Wildman–Crippen MR) is 69.8 cm³/mol. The van der Waals surface area contributed by atoms with Crippen LogP contribution in [0, 0.1) is 23.0 Å². The highest BCUT2D eigenvalue weighted by Gasteiger charge is 2.31. The summed E-state index contributed by atoms with van der Waals surface area (Å²) in [6.07, 6.45) is 1.04. The van der Waals surface area contributed by atoms with E-state index in [1.165, 1.54) is 0 Å². The molecule has 0 aromatic heterocycles. The molecule has 1 aromatic carbocycles. The van der Waals surface area contributed by atoms with Crippen molar-refractivity contribution in [2.45, 2.75) is 26.3 Å². The van der Waals surface area contributed by atoms with E-state index in [9.17, 15) is 15.2 Å². The molecule has 5 nitrogen and oxygen atoms in total. The molecule has 0 bridgehead atoms. The molecule has 2 unspecified atom stereocenters. The monoisotopic (exact) mass is 250 g/mol. The van der Waals surface area contributed by atoms with Crippen LogP contribution in [-0.2, 0) is 0 Å². The van der Waals surface area contributed by atoms with Crippen molar-refractivity contribution >= 4 is 11.4 Å². The van der Waals surface area contributed by atoms with Gasteiger partial charge in [-0.15, -0.1) is 0 Å². The normalized spacial score (nSPS) is 23.4. The van der Waals surface area contributed by atoms with E-state index >= 15 is 0 Å². The smallest absolute Gasteiger partial charge is 0.272 e. The van der Waals surface area contributed by atoms with E-state index in [1.54, 1.807) is 19.1 Å². The van der Waals surface area contributed by atoms with Crippen molar-refractivity contribution in [2.24, 2.45) is 5.92 Å². The molecule has 1 aliphatic rings. The Morgan fingerprint density at radius 2 is 2.28 bits per heavy atom. The number of anilines is 1. The van der Waals surface area contributed by atoms with Gasteiger partial charge in [-0.2, -0.15) is 0 Å². The lowest BCUT2D eigenvalue weighted by Crippen LogP contribution is -2.35. The fourth-order valence-electron chi connectivity index (χ4n) is 2.63. The van der Waals surface area contributed by atoms with Gasteiger partial charge in [0.05, 0.1) is 17.6 Å². The van der Waals surface area contributed by atoms with Crippen molar-refractivity contribution < 1.29 is 10.0 Å². The van der Waals surface area contributed by atoms with E-state index in [1.807, 2.05) is 6.07 Å². The molecule has 1 saturated heterocycles. The van der Waals surface area contributed by atoms with Gasteiger partial charge in [0.1, 0.15) is 0 Å². The van der Waals surface area contributed by atoms with Gasteiger partial charge in [-0.25, -0.2) is 0 Å². The number of aliphatic hydroxyl groups is 1. The van der Waals surface area contributed by atoms with Gasteiger partial charge in [-0.1, -0.05) is 6.92 Å². The summed E-state index contributed by atoms with van der Waals surface area (Å²) in [5.74, 6) is 0.450. The molecule has 0 saturated carbocycles. The number of aryl methyl sites for hydroxylation is 1. The molecule has 1 heterocycles. The van der Waals surface area contributed by atoms with Crippen molar-refractivity contribution in [1.82, 2.24) is 0 Å². The zero-order valence-corrected chi connectivity index (χ0v) is 10.7. The average molecular weight is 250 g/mol. The zero-order valence-electron chi connectivity index (χ0n) is 10.7. The number of nitro groups is 1. The molecule has 2 atom stereocenters. The van der Waals surface area contributed by atoms with Crippen LogP contribution >= 0.6 is 0 Å². The summed E-state index contributed by atoms with van der Waals surface area (Å²) in [5, 5.41) is 20.2. The van der Waals surface area contributed by atoms with E-state index in [2.05, 4.69) is 11.8 Å². The van der Waals surface area contributed by atoms with Gasteiger partial charge < -0.3 is 10.0 Å². The summed E-state index contributed by atoms with van der Waals surface area (Å²) in [5.41, 5.74) is 1.77. The molecule has 0 radical (unpaired) electrons. The van der Waals surface area contributed by atoms with Gasteiger partial charge in [-0.3, -0.25) is 10.1 Å². The van der Waals surface area contributed by atoms with Crippen molar-refractivity contribution in [3.05, 3.63) is 33.9 Å². The first-order valence-electron chi connectivity index (χ1n) is 6.17. The van der Waals surface area contributed by atoms with Crippen LogP contribution in [0.2, 0.25) is 0 Å². The van der Waals surface area contributed by atoms with Gasteiger partial charge >= 0.3 is 0 Å². The van der Waals surface area contributed by atoms with Crippen molar-refractivity contribution in [3.8, 4) is 0 Å². The maximum absolute atomic E-state index is 10.8. The van der Waals surface area contributed by atoms with Crippen LogP contribution in [0.25, 0.3) is 0 Å². The van der Waals surface area contributed by atoms with Crippen molar-refractivity contribution in [3.63, 3.8) is 0 Å². The van der Waals surface area contributed by atoms with E-state index in [0.29, 0.717) is 11.5 Å². The van der Waals surface area contributed by atoms with Gasteiger partial charge in [0.25, 0.3) is 5.69 Å². The number of nitrogens with zero attached hydrogens (tertiary/aromatic N) is 2. The zero-order chi connectivity index (χ0) is 13.3. The summed E-state index contributed by atoms with van der Waals surface area (Å²) in [4.78, 5) is 12.6. The van der Waals surface area contributed by atoms with E-state index in [-0.39, 0.29) is 23.3 Å². The van der Waals surface area contributed by atoms with Crippen LogP contribution in [0.15, 0.2) is 18.2 Å². The standard InChI is InChI=1S/C13H18N2O3/c1-9-5-6-14(13(9)8-16)11-3-4-12(15(17)18)10(2)7-11/h3-4,7,9,13,16H,5-6,8H2,1-2H3. The molecule has 2 rings (SSSR count). The number of nitro benzene ring substituents is 1. The Bertz CT molecular complexity index is 462. The Balaban J connectivity index is 2.29. The Labute approximate surface area is 106 Å². The van der Waals surface area contributed by atoms with Gasteiger partial charge in [-0.05, 0) is 31.4 Å². The first-order valence-corrected chi connectivity index (χ1v) is 6.17. The fraction of sp³-hybridized carbons (Fsp3) is 0.538. The quantitative estimate of drug-likeness (QED) is 0.659. The molecule has 5 heteroatoms. The minimum absolute atomic E-state index is 0.117. The lowest BCUT2D eigenvalue weighted by atomic mass is 10.0. The summed E-state index contributed by atoms with van der Waals surface area (Å²) < 4.78 is 0. The number of rotatable bonds is 3. The van der Waals surface area contributed by atoms with Crippen molar-refractivity contribution in [2.75, 3.05) is 18.1 Å². The molecule has 18 heavy (non-hydrogen) atoms. The second kappa shape index (κ2) is 4.94. The van der Waals surface area contributed by atoms with Crippen LogP contribution in [0.3, 0.4) is 0 Å². The van der Waals surface area contributed by atoms with Gasteiger partial charge in [0.15, 0.2) is 0 Å². The summed E-state index contributed by atoms with van der Waals surface area (Å²) in [7, 11) is 0. The molecular formula is C13H18N2O3. The highest BCUT2D eigenvalue weighted by Crippen LogP contribution is 2.32. The van der Waals surface area contributed by atoms with Crippen LogP contribution in [-0.4, -0.2) is 29.2 Å². The number of hydrogen-bond acceptors (Lipinski definition) is 4. The first-order chi connectivity index (χ1) is 8.54. The molecule has 1 N–H and O–H groups in total. The molecule has 0 aliphatic carbocycles. The van der Waals surface area contributed by atoms with Crippen molar-refractivity contribution in [1.29, 1.82) is 0 Å². The first kappa shape index (κ1) is 12.8. The van der Waals surface area contributed by atoms with E-state index in [0.717, 1.165) is 18.7 Å². The molecular weight excluding hydrogens is 232 g/mol. The summed E-state index contributed by atoms with van der Waals surface area (Å²) in [6.45, 7) is 4.88. The Morgan fingerprint density at radius 1 is 1.56 bits per heavy atom. The minimum atomic E-state index is -0.366. The van der Waals surface area contributed by atoms with Crippen LogP contribution in [0.5, 0.6) is 0 Å². The third-order valence-electron chi connectivity index (χ3n) is 3.78. The highest BCUT2D eigenvalue weighted by atomic mass is 16.6. The Kier molecular flexibility index (Phi) is 3.52. The lowest BCUT2D eigenvalue weighted by Gasteiger charge is -2.27. The SMILES string of the molecule is Cc1cc(N2CCC(C)C2CO)ccc1[N+](=O)[O-]. The van der Waals surface area contributed by atoms with E-state index < -0.39 is 0 Å². The molecule has 1 fully saturated rings. The fourth-order valence-corrected chi connectivity index (χ4v) is 2.63. The van der Waals surface area contributed by atoms with Crippen LogP contribution < -0.4 is 4.90 Å². The summed E-state index contributed by atoms with van der Waals surface area (Å²) in [6, 6.07) is 5.26. The predicted octanol–water partition coefficient (Wildman–Crippen LogP) is 2.11. The molecule has 0 amide bonds. The lowest BCUT2D eigenvalue weighted by molar-refractivity contribution is -0.385. The van der Waals surface area contributed by atoms with Gasteiger partial charge in [0.2, 0.25) is 0 Å². The highest BCUT2D eigenvalue weighted by molar-refractivity contribution is 5.56. The topological polar surface area (TPSA) is 66.6 Å². The number of aliphatic hydroxyl groups excluding tert-OH is 1. The number of benzene rings is 1. The molecule has 1 aromatic rings. The maximum Gasteiger partial charge on any atom is 0.272 e. The molecule has 98 valence electrons. The van der Waals surface area contributed by atoms with E-state index in [4.69, 9.17) is 0 Å². The molecule has 1 aliphatic heterocycles. The number of hydrogen-bond donors (Lipinski definition) is 1. The third kappa shape index (κ3) is 2.18. The molecule has 0 spiro atoms. The minimum Gasteiger partial charge on any atom is -0.394 e. The third-order valence-corrected chi connectivity index (χ3v) is 3.78. The Morgan fingerprint density at radius 3 is 2.83 bits per heavy atom. The largest absolute Gasteiger partial charge is 0.394 e. The van der Waals surface area contributed by atoms with Gasteiger partial charge in [0, 0.05) is 23.9 Å². The maximum atomic E-state index is 10.8. The second-order valence-corrected chi connectivity index (χ2v) is 4.94. The summed E-state index contributed by atoms with van der Waals surface area (Å²) >= 11 is 0.